The number of carbonyl (C=O) groups is 1. The van der Waals surface area contributed by atoms with E-state index in [1.165, 1.54) is 23.4 Å². The van der Waals surface area contributed by atoms with Gasteiger partial charge in [-0.1, -0.05) is 41.6 Å². The van der Waals surface area contributed by atoms with Crippen LogP contribution in [-0.4, -0.2) is 16.1 Å². The first-order valence-electron chi connectivity index (χ1n) is 6.59. The fourth-order valence-corrected chi connectivity index (χ4v) is 3.61. The molecular weight excluding hydrogens is 318 g/mol. The zero-order valence-corrected chi connectivity index (χ0v) is 13.4. The van der Waals surface area contributed by atoms with E-state index < -0.39 is 5.97 Å². The number of hydrogen-bond acceptors (Lipinski definition) is 5. The summed E-state index contributed by atoms with van der Waals surface area (Å²) in [5.74, 6) is 0.116. The van der Waals surface area contributed by atoms with E-state index in [1.54, 1.807) is 17.4 Å². The second-order valence-corrected chi connectivity index (χ2v) is 6.81. The highest BCUT2D eigenvalue weighted by Gasteiger charge is 2.10. The van der Waals surface area contributed by atoms with E-state index in [0.717, 1.165) is 15.6 Å². The minimum atomic E-state index is -1.05. The van der Waals surface area contributed by atoms with Gasteiger partial charge in [0, 0.05) is 10.9 Å². The topological polar surface area (TPSA) is 63.3 Å². The molecule has 0 amide bonds. The summed E-state index contributed by atoms with van der Waals surface area (Å²) in [5, 5.41) is 10.8. The largest absolute Gasteiger partial charge is 0.475 e. The Balaban J connectivity index is 1.66. The van der Waals surface area contributed by atoms with Gasteiger partial charge in [-0.15, -0.1) is 11.3 Å². The van der Waals surface area contributed by atoms with Crippen LogP contribution in [0.1, 0.15) is 21.9 Å². The molecule has 0 fully saturated rings. The number of rotatable bonds is 5. The Morgan fingerprint density at radius 2 is 2.05 bits per heavy atom. The SMILES string of the molecule is Cc1ccc(-c2csc(SCc3ccc(C(=O)O)o3)n2)cc1. The van der Waals surface area contributed by atoms with Crippen molar-refractivity contribution in [1.29, 1.82) is 0 Å². The summed E-state index contributed by atoms with van der Waals surface area (Å²) in [6, 6.07) is 11.4. The minimum absolute atomic E-state index is 0.0323. The number of furan rings is 1. The van der Waals surface area contributed by atoms with Crippen molar-refractivity contribution in [2.45, 2.75) is 17.0 Å². The summed E-state index contributed by atoms with van der Waals surface area (Å²) < 4.78 is 6.16. The maximum Gasteiger partial charge on any atom is 0.371 e. The first-order valence-corrected chi connectivity index (χ1v) is 8.46. The molecule has 22 heavy (non-hydrogen) atoms. The van der Waals surface area contributed by atoms with E-state index in [-0.39, 0.29) is 5.76 Å². The molecule has 2 heterocycles. The van der Waals surface area contributed by atoms with E-state index in [9.17, 15) is 4.79 Å². The quantitative estimate of drug-likeness (QED) is 0.686. The molecule has 3 aromatic rings. The second-order valence-electron chi connectivity index (χ2n) is 4.72. The second kappa shape index (κ2) is 6.37. The lowest BCUT2D eigenvalue weighted by atomic mass is 10.1. The molecule has 0 spiro atoms. The Bertz CT molecular complexity index is 790. The zero-order chi connectivity index (χ0) is 15.5. The van der Waals surface area contributed by atoms with E-state index >= 15 is 0 Å². The highest BCUT2D eigenvalue weighted by molar-refractivity contribution is 8.00. The Kier molecular flexibility index (Phi) is 4.31. The van der Waals surface area contributed by atoms with Gasteiger partial charge >= 0.3 is 5.97 Å². The Morgan fingerprint density at radius 1 is 1.27 bits per heavy atom. The van der Waals surface area contributed by atoms with Gasteiger partial charge in [0.2, 0.25) is 5.76 Å². The normalized spacial score (nSPS) is 10.8. The predicted octanol–water partition coefficient (Wildman–Crippen LogP) is 4.70. The summed E-state index contributed by atoms with van der Waals surface area (Å²) in [7, 11) is 0. The molecule has 1 aromatic carbocycles. The number of aromatic nitrogens is 1. The molecule has 2 aromatic heterocycles. The van der Waals surface area contributed by atoms with Gasteiger partial charge in [0.25, 0.3) is 0 Å². The zero-order valence-electron chi connectivity index (χ0n) is 11.8. The van der Waals surface area contributed by atoms with Crippen molar-refractivity contribution in [3.05, 3.63) is 58.9 Å². The number of thioether (sulfide) groups is 1. The first kappa shape index (κ1) is 14.9. The first-order chi connectivity index (χ1) is 10.6. The summed E-state index contributed by atoms with van der Waals surface area (Å²) in [4.78, 5) is 15.4. The number of nitrogens with zero attached hydrogens (tertiary/aromatic N) is 1. The van der Waals surface area contributed by atoms with Crippen LogP contribution < -0.4 is 0 Å². The van der Waals surface area contributed by atoms with Gasteiger partial charge < -0.3 is 9.52 Å². The van der Waals surface area contributed by atoms with Gasteiger partial charge in [-0.05, 0) is 19.1 Å². The van der Waals surface area contributed by atoms with Gasteiger partial charge in [0.15, 0.2) is 4.34 Å². The average molecular weight is 331 g/mol. The average Bonchev–Trinajstić information content (AvgIpc) is 3.15. The van der Waals surface area contributed by atoms with Crippen LogP contribution in [0.5, 0.6) is 0 Å². The number of hydrogen-bond donors (Lipinski definition) is 1. The lowest BCUT2D eigenvalue weighted by Gasteiger charge is -1.97. The lowest BCUT2D eigenvalue weighted by molar-refractivity contribution is 0.0661. The van der Waals surface area contributed by atoms with Crippen LogP contribution in [0.2, 0.25) is 0 Å². The van der Waals surface area contributed by atoms with Crippen molar-refractivity contribution in [3.63, 3.8) is 0 Å². The number of aryl methyl sites for hydroxylation is 1. The summed E-state index contributed by atoms with van der Waals surface area (Å²) >= 11 is 3.11. The molecule has 0 saturated heterocycles. The fraction of sp³-hybridized carbons (Fsp3) is 0.125. The molecule has 3 rings (SSSR count). The van der Waals surface area contributed by atoms with Crippen molar-refractivity contribution in [2.24, 2.45) is 0 Å². The number of benzene rings is 1. The molecule has 0 unspecified atom stereocenters. The number of thiazole rings is 1. The van der Waals surface area contributed by atoms with Crippen LogP contribution in [0.25, 0.3) is 11.3 Å². The van der Waals surface area contributed by atoms with Crippen molar-refractivity contribution < 1.29 is 14.3 Å². The Hall–Kier alpha value is -2.05. The molecule has 0 aliphatic carbocycles. The van der Waals surface area contributed by atoms with Crippen LogP contribution in [0.4, 0.5) is 0 Å². The van der Waals surface area contributed by atoms with E-state index in [0.29, 0.717) is 11.5 Å². The maximum atomic E-state index is 10.8. The standard InChI is InChI=1S/C16H13NO3S2/c1-10-2-4-11(5-3-10)13-9-22-16(17-13)21-8-12-6-7-14(20-12)15(18)19/h2-7,9H,8H2,1H3,(H,18,19). The smallest absolute Gasteiger partial charge is 0.371 e. The van der Waals surface area contributed by atoms with Gasteiger partial charge in [-0.3, -0.25) is 0 Å². The van der Waals surface area contributed by atoms with Crippen LogP contribution in [0, 0.1) is 6.92 Å². The van der Waals surface area contributed by atoms with Crippen molar-refractivity contribution in [2.75, 3.05) is 0 Å². The lowest BCUT2D eigenvalue weighted by Crippen LogP contribution is -1.91. The van der Waals surface area contributed by atoms with Crippen molar-refractivity contribution in [3.8, 4) is 11.3 Å². The minimum Gasteiger partial charge on any atom is -0.475 e. The molecule has 112 valence electrons. The van der Waals surface area contributed by atoms with E-state index in [1.807, 2.05) is 5.38 Å². The van der Waals surface area contributed by atoms with Gasteiger partial charge in [-0.2, -0.15) is 0 Å². The molecule has 1 N–H and O–H groups in total. The highest BCUT2D eigenvalue weighted by Crippen LogP contribution is 2.30. The summed E-state index contributed by atoms with van der Waals surface area (Å²) in [6.07, 6.45) is 0. The molecule has 6 heteroatoms. The maximum absolute atomic E-state index is 10.8. The third-order valence-corrected chi connectivity index (χ3v) is 5.08. The Labute approximate surface area is 135 Å². The van der Waals surface area contributed by atoms with Crippen molar-refractivity contribution in [1.82, 2.24) is 4.98 Å². The van der Waals surface area contributed by atoms with Gasteiger partial charge in [0.05, 0.1) is 11.4 Å². The summed E-state index contributed by atoms with van der Waals surface area (Å²) in [5.41, 5.74) is 3.28. The Morgan fingerprint density at radius 3 is 2.73 bits per heavy atom. The van der Waals surface area contributed by atoms with Gasteiger partial charge in [0.1, 0.15) is 5.76 Å². The van der Waals surface area contributed by atoms with Crippen LogP contribution in [-0.2, 0) is 5.75 Å². The monoisotopic (exact) mass is 331 g/mol. The molecular formula is C16H13NO3S2. The highest BCUT2D eigenvalue weighted by atomic mass is 32.2. The van der Waals surface area contributed by atoms with E-state index in [4.69, 9.17) is 9.52 Å². The van der Waals surface area contributed by atoms with Crippen molar-refractivity contribution >= 4 is 29.1 Å². The summed E-state index contributed by atoms with van der Waals surface area (Å²) in [6.45, 7) is 2.06. The molecule has 0 atom stereocenters. The predicted molar refractivity (Wildman–Crippen MR) is 87.5 cm³/mol. The molecule has 0 aliphatic rings. The number of carboxylic acid groups (broad SMARTS) is 1. The van der Waals surface area contributed by atoms with Gasteiger partial charge in [-0.25, -0.2) is 9.78 Å². The molecule has 4 nitrogen and oxygen atoms in total. The number of carboxylic acids is 1. The molecule has 0 saturated carbocycles. The molecule has 0 radical (unpaired) electrons. The van der Waals surface area contributed by atoms with Crippen LogP contribution in [0.15, 0.2) is 50.5 Å². The molecule has 0 aliphatic heterocycles. The van der Waals surface area contributed by atoms with Crippen LogP contribution in [0.3, 0.4) is 0 Å². The fourth-order valence-electron chi connectivity index (χ4n) is 1.88. The third kappa shape index (κ3) is 3.40. The third-order valence-electron chi connectivity index (χ3n) is 3.04. The number of aromatic carboxylic acids is 1. The van der Waals surface area contributed by atoms with Crippen LogP contribution >= 0.6 is 23.1 Å². The van der Waals surface area contributed by atoms with E-state index in [2.05, 4.69) is 36.2 Å². The molecule has 0 bridgehead atoms.